The summed E-state index contributed by atoms with van der Waals surface area (Å²) in [5.74, 6) is 0. The maximum absolute atomic E-state index is 6.01. The Morgan fingerprint density at radius 2 is 1.95 bits per heavy atom. The van der Waals surface area contributed by atoms with Crippen molar-refractivity contribution in [1.82, 2.24) is 4.90 Å². The first-order valence-corrected chi connectivity index (χ1v) is 8.11. The largest absolute Gasteiger partial charge is 0.352 e. The van der Waals surface area contributed by atoms with E-state index in [1.165, 1.54) is 38.5 Å². The Morgan fingerprint density at radius 1 is 1.21 bits per heavy atom. The summed E-state index contributed by atoms with van der Waals surface area (Å²) in [5, 5.41) is 0. The Labute approximate surface area is 118 Å². The monoisotopic (exact) mass is 269 g/mol. The predicted molar refractivity (Wildman–Crippen MR) is 78.0 cm³/mol. The van der Waals surface area contributed by atoms with Crippen LogP contribution in [0.3, 0.4) is 0 Å². The Kier molecular flexibility index (Phi) is 5.67. The minimum absolute atomic E-state index is 0.0288. The lowest BCUT2D eigenvalue weighted by Gasteiger charge is -2.47. The van der Waals surface area contributed by atoms with E-state index in [1.807, 2.05) is 0 Å². The molecule has 1 heterocycles. The van der Waals surface area contributed by atoms with Gasteiger partial charge in [-0.15, -0.1) is 0 Å². The quantitative estimate of drug-likeness (QED) is 0.709. The molecule has 1 atom stereocenters. The van der Waals surface area contributed by atoms with Gasteiger partial charge in [-0.1, -0.05) is 46.5 Å². The second-order valence-electron chi connectivity index (χ2n) is 6.88. The lowest BCUT2D eigenvalue weighted by Crippen LogP contribution is -2.54. The van der Waals surface area contributed by atoms with E-state index in [-0.39, 0.29) is 11.7 Å². The van der Waals surface area contributed by atoms with Crippen LogP contribution in [-0.2, 0) is 9.47 Å². The molecular weight excluding hydrogens is 238 g/mol. The SMILES string of the molecule is CCCCO[C@H]1OCN(C2CCCCC2)CC1(C)C. The standard InChI is InChI=1S/C16H31NO2/c1-4-5-11-18-15-16(2,3)12-17(13-19-15)14-9-7-6-8-10-14/h14-15H,4-13H2,1-3H3/t15-/m0/s1. The van der Waals surface area contributed by atoms with Crippen LogP contribution in [-0.4, -0.2) is 37.1 Å². The summed E-state index contributed by atoms with van der Waals surface area (Å²) in [7, 11) is 0. The van der Waals surface area contributed by atoms with Crippen LogP contribution in [0.15, 0.2) is 0 Å². The third-order valence-corrected chi connectivity index (χ3v) is 4.50. The zero-order chi connectivity index (χ0) is 13.7. The molecule has 0 aromatic rings. The van der Waals surface area contributed by atoms with Crippen molar-refractivity contribution in [3.05, 3.63) is 0 Å². The average molecular weight is 269 g/mol. The molecule has 0 N–H and O–H groups in total. The molecule has 1 saturated carbocycles. The highest BCUT2D eigenvalue weighted by Gasteiger charge is 2.39. The molecule has 0 aromatic heterocycles. The topological polar surface area (TPSA) is 21.7 Å². The molecule has 2 rings (SSSR count). The summed E-state index contributed by atoms with van der Waals surface area (Å²) >= 11 is 0. The molecule has 112 valence electrons. The van der Waals surface area contributed by atoms with Gasteiger partial charge in [-0.3, -0.25) is 4.90 Å². The molecule has 0 amide bonds. The lowest BCUT2D eigenvalue weighted by molar-refractivity contribution is -0.260. The van der Waals surface area contributed by atoms with Gasteiger partial charge in [-0.25, -0.2) is 0 Å². The fourth-order valence-electron chi connectivity index (χ4n) is 3.32. The minimum Gasteiger partial charge on any atom is -0.352 e. The Balaban J connectivity index is 1.83. The van der Waals surface area contributed by atoms with Gasteiger partial charge in [0.2, 0.25) is 0 Å². The molecule has 0 bridgehead atoms. The zero-order valence-corrected chi connectivity index (χ0v) is 13.0. The van der Waals surface area contributed by atoms with Crippen molar-refractivity contribution in [2.75, 3.05) is 19.9 Å². The third kappa shape index (κ3) is 4.17. The van der Waals surface area contributed by atoms with Crippen molar-refractivity contribution < 1.29 is 9.47 Å². The maximum atomic E-state index is 6.01. The smallest absolute Gasteiger partial charge is 0.165 e. The second-order valence-corrected chi connectivity index (χ2v) is 6.88. The molecule has 0 radical (unpaired) electrons. The molecule has 2 aliphatic rings. The van der Waals surface area contributed by atoms with E-state index >= 15 is 0 Å². The summed E-state index contributed by atoms with van der Waals surface area (Å²) < 4.78 is 11.9. The zero-order valence-electron chi connectivity index (χ0n) is 13.0. The number of rotatable bonds is 5. The molecule has 1 aliphatic carbocycles. The van der Waals surface area contributed by atoms with Gasteiger partial charge in [0.05, 0.1) is 0 Å². The molecule has 0 spiro atoms. The lowest BCUT2D eigenvalue weighted by atomic mass is 9.87. The number of unbranched alkanes of at least 4 members (excludes halogenated alkanes) is 1. The van der Waals surface area contributed by atoms with Crippen molar-refractivity contribution in [3.8, 4) is 0 Å². The number of nitrogens with zero attached hydrogens (tertiary/aromatic N) is 1. The van der Waals surface area contributed by atoms with Gasteiger partial charge < -0.3 is 9.47 Å². The van der Waals surface area contributed by atoms with Crippen molar-refractivity contribution in [2.45, 2.75) is 78.0 Å². The van der Waals surface area contributed by atoms with Crippen molar-refractivity contribution in [1.29, 1.82) is 0 Å². The van der Waals surface area contributed by atoms with Crippen molar-refractivity contribution in [3.63, 3.8) is 0 Å². The van der Waals surface area contributed by atoms with Crippen LogP contribution in [0.4, 0.5) is 0 Å². The molecule has 1 saturated heterocycles. The molecule has 3 heteroatoms. The van der Waals surface area contributed by atoms with E-state index in [0.717, 1.165) is 32.3 Å². The normalized spacial score (nSPS) is 29.5. The molecule has 2 fully saturated rings. The fourth-order valence-corrected chi connectivity index (χ4v) is 3.32. The molecule has 0 unspecified atom stereocenters. The van der Waals surface area contributed by atoms with Crippen LogP contribution in [0.1, 0.15) is 65.7 Å². The molecule has 19 heavy (non-hydrogen) atoms. The Hall–Kier alpha value is -0.120. The van der Waals surface area contributed by atoms with Crippen LogP contribution in [0.2, 0.25) is 0 Å². The average Bonchev–Trinajstić information content (AvgIpc) is 2.41. The number of ether oxygens (including phenoxy) is 2. The van der Waals surface area contributed by atoms with E-state index in [0.29, 0.717) is 0 Å². The van der Waals surface area contributed by atoms with Gasteiger partial charge in [0, 0.05) is 24.6 Å². The number of hydrogen-bond acceptors (Lipinski definition) is 3. The highest BCUT2D eigenvalue weighted by Crippen LogP contribution is 2.33. The fraction of sp³-hybridized carbons (Fsp3) is 1.00. The van der Waals surface area contributed by atoms with E-state index in [4.69, 9.17) is 9.47 Å². The first-order valence-electron chi connectivity index (χ1n) is 8.11. The summed E-state index contributed by atoms with van der Waals surface area (Å²) in [6.45, 7) is 9.44. The van der Waals surface area contributed by atoms with Gasteiger partial charge in [0.15, 0.2) is 6.29 Å². The van der Waals surface area contributed by atoms with Crippen LogP contribution in [0, 0.1) is 5.41 Å². The van der Waals surface area contributed by atoms with Crippen molar-refractivity contribution in [2.24, 2.45) is 5.41 Å². The van der Waals surface area contributed by atoms with Crippen LogP contribution in [0.25, 0.3) is 0 Å². The summed E-state index contributed by atoms with van der Waals surface area (Å²) in [4.78, 5) is 2.54. The molecule has 0 aromatic carbocycles. The highest BCUT2D eigenvalue weighted by molar-refractivity contribution is 4.85. The molecular formula is C16H31NO2. The van der Waals surface area contributed by atoms with E-state index in [9.17, 15) is 0 Å². The Bertz CT molecular complexity index is 261. The number of hydrogen-bond donors (Lipinski definition) is 0. The van der Waals surface area contributed by atoms with E-state index < -0.39 is 0 Å². The first kappa shape index (κ1) is 15.3. The van der Waals surface area contributed by atoms with E-state index in [1.54, 1.807) is 0 Å². The van der Waals surface area contributed by atoms with E-state index in [2.05, 4.69) is 25.7 Å². The van der Waals surface area contributed by atoms with Crippen LogP contribution < -0.4 is 0 Å². The highest BCUT2D eigenvalue weighted by atomic mass is 16.7. The van der Waals surface area contributed by atoms with Gasteiger partial charge in [0.1, 0.15) is 6.73 Å². The van der Waals surface area contributed by atoms with Crippen LogP contribution in [0.5, 0.6) is 0 Å². The van der Waals surface area contributed by atoms with Crippen molar-refractivity contribution >= 4 is 0 Å². The van der Waals surface area contributed by atoms with Gasteiger partial charge >= 0.3 is 0 Å². The third-order valence-electron chi connectivity index (χ3n) is 4.50. The molecule has 3 nitrogen and oxygen atoms in total. The second kappa shape index (κ2) is 7.05. The van der Waals surface area contributed by atoms with Gasteiger partial charge in [-0.05, 0) is 19.3 Å². The van der Waals surface area contributed by atoms with Gasteiger partial charge in [0.25, 0.3) is 0 Å². The summed E-state index contributed by atoms with van der Waals surface area (Å²) in [6, 6.07) is 0.740. The minimum atomic E-state index is -0.0288. The Morgan fingerprint density at radius 3 is 2.58 bits per heavy atom. The first-order chi connectivity index (χ1) is 9.13. The predicted octanol–water partition coefficient (Wildman–Crippen LogP) is 3.78. The summed E-state index contributed by atoms with van der Waals surface area (Å²) in [5.41, 5.74) is 0.101. The summed E-state index contributed by atoms with van der Waals surface area (Å²) in [6.07, 6.45) is 9.16. The van der Waals surface area contributed by atoms with Gasteiger partial charge in [-0.2, -0.15) is 0 Å². The maximum Gasteiger partial charge on any atom is 0.165 e. The molecule has 1 aliphatic heterocycles. The van der Waals surface area contributed by atoms with Crippen LogP contribution >= 0.6 is 0 Å².